The van der Waals surface area contributed by atoms with Crippen LogP contribution in [0.4, 0.5) is 9.52 Å². The second-order valence-corrected chi connectivity index (χ2v) is 8.33. The van der Waals surface area contributed by atoms with Crippen LogP contribution in [-0.4, -0.2) is 27.9 Å². The molecule has 1 amide bonds. The maximum absolute atomic E-state index is 14.8. The molecule has 1 aromatic heterocycles. The molecule has 2 atom stereocenters. The highest BCUT2D eigenvalue weighted by atomic mass is 32.1. The largest absolute Gasteiger partial charge is 0.507 e. The van der Waals surface area contributed by atoms with Gasteiger partial charge in [-0.2, -0.15) is 0 Å². The lowest BCUT2D eigenvalue weighted by atomic mass is 9.94. The number of ether oxygens (including phenoxy) is 1. The third-order valence-electron chi connectivity index (χ3n) is 5.44. The van der Waals surface area contributed by atoms with Gasteiger partial charge < -0.3 is 9.84 Å². The van der Waals surface area contributed by atoms with Crippen LogP contribution in [0, 0.1) is 5.82 Å². The van der Waals surface area contributed by atoms with Gasteiger partial charge in [0.25, 0.3) is 5.78 Å². The van der Waals surface area contributed by atoms with E-state index in [0.717, 1.165) is 27.5 Å². The number of nitrogens with zero attached hydrogens (tertiary/aromatic N) is 2. The van der Waals surface area contributed by atoms with Crippen molar-refractivity contribution in [3.63, 3.8) is 0 Å². The Hall–Kier alpha value is -3.52. The second kappa shape index (κ2) is 7.31. The normalized spacial score (nSPS) is 21.9. The van der Waals surface area contributed by atoms with Gasteiger partial charge in [-0.15, -0.1) is 11.3 Å². The van der Waals surface area contributed by atoms with E-state index < -0.39 is 23.5 Å². The molecule has 0 saturated carbocycles. The molecule has 3 heterocycles. The number of halogens is 1. The summed E-state index contributed by atoms with van der Waals surface area (Å²) in [4.78, 5) is 31.2. The highest BCUT2D eigenvalue weighted by molar-refractivity contribution is 7.14. The highest BCUT2D eigenvalue weighted by Gasteiger charge is 2.48. The van der Waals surface area contributed by atoms with E-state index >= 15 is 0 Å². The average Bonchev–Trinajstić information content (AvgIpc) is 3.46. The number of fused-ring (bicyclic) bond motifs is 1. The summed E-state index contributed by atoms with van der Waals surface area (Å²) in [6.45, 7) is 1.94. The van der Waals surface area contributed by atoms with Crippen molar-refractivity contribution in [2.45, 2.75) is 25.5 Å². The van der Waals surface area contributed by atoms with E-state index in [2.05, 4.69) is 4.98 Å². The van der Waals surface area contributed by atoms with Crippen LogP contribution < -0.4 is 9.64 Å². The van der Waals surface area contributed by atoms with E-state index in [0.29, 0.717) is 12.0 Å². The molecule has 0 aliphatic carbocycles. The van der Waals surface area contributed by atoms with E-state index in [1.807, 2.05) is 6.92 Å². The molecule has 2 unspecified atom stereocenters. The van der Waals surface area contributed by atoms with Gasteiger partial charge in [0.2, 0.25) is 0 Å². The lowest BCUT2D eigenvalue weighted by Gasteiger charge is -2.23. The van der Waals surface area contributed by atoms with Gasteiger partial charge in [0, 0.05) is 29.1 Å². The Balaban J connectivity index is 1.70. The first-order chi connectivity index (χ1) is 15.0. The number of carbonyl (C=O) groups is 2. The van der Waals surface area contributed by atoms with Crippen molar-refractivity contribution in [1.29, 1.82) is 0 Å². The summed E-state index contributed by atoms with van der Waals surface area (Å²) in [6, 6.07) is 9.86. The molecule has 31 heavy (non-hydrogen) atoms. The number of rotatable bonds is 3. The van der Waals surface area contributed by atoms with Crippen LogP contribution in [0.3, 0.4) is 0 Å². The Morgan fingerprint density at radius 2 is 2.06 bits per heavy atom. The van der Waals surface area contributed by atoms with E-state index in [1.54, 1.807) is 29.6 Å². The van der Waals surface area contributed by atoms with Crippen molar-refractivity contribution in [2.24, 2.45) is 0 Å². The topological polar surface area (TPSA) is 79.7 Å². The quantitative estimate of drug-likeness (QED) is 0.378. The van der Waals surface area contributed by atoms with Crippen LogP contribution in [0.2, 0.25) is 0 Å². The van der Waals surface area contributed by atoms with Crippen LogP contribution in [0.5, 0.6) is 5.75 Å². The van der Waals surface area contributed by atoms with Gasteiger partial charge in [-0.1, -0.05) is 18.2 Å². The second-order valence-electron chi connectivity index (χ2n) is 7.46. The Bertz CT molecular complexity index is 1240. The number of aliphatic hydroxyl groups is 1. The Morgan fingerprint density at radius 3 is 2.81 bits per heavy atom. The molecular weight excluding hydrogens is 419 g/mol. The summed E-state index contributed by atoms with van der Waals surface area (Å²) in [5.41, 5.74) is 1.21. The average molecular weight is 436 g/mol. The molecule has 2 aliphatic rings. The van der Waals surface area contributed by atoms with Crippen molar-refractivity contribution >= 4 is 33.9 Å². The molecular formula is C23H17FN2O4S. The van der Waals surface area contributed by atoms with Gasteiger partial charge in [-0.05, 0) is 36.8 Å². The summed E-state index contributed by atoms with van der Waals surface area (Å²) in [5.74, 6) is -1.96. The maximum atomic E-state index is 14.8. The first kappa shape index (κ1) is 19.4. The zero-order valence-electron chi connectivity index (χ0n) is 16.4. The lowest BCUT2D eigenvalue weighted by Crippen LogP contribution is -2.29. The van der Waals surface area contributed by atoms with Crippen molar-refractivity contribution in [3.8, 4) is 5.75 Å². The van der Waals surface area contributed by atoms with Crippen molar-refractivity contribution < 1.29 is 23.8 Å². The van der Waals surface area contributed by atoms with Crippen molar-refractivity contribution in [1.82, 2.24) is 4.98 Å². The molecule has 2 aliphatic heterocycles. The third-order valence-corrected chi connectivity index (χ3v) is 6.21. The van der Waals surface area contributed by atoms with Gasteiger partial charge in [-0.25, -0.2) is 9.37 Å². The molecule has 3 aromatic rings. The fourth-order valence-corrected chi connectivity index (χ4v) is 4.75. The summed E-state index contributed by atoms with van der Waals surface area (Å²) >= 11 is 1.15. The summed E-state index contributed by atoms with van der Waals surface area (Å²) in [6.07, 6.45) is 2.18. The molecule has 0 spiro atoms. The summed E-state index contributed by atoms with van der Waals surface area (Å²) in [5, 5.41) is 13.1. The zero-order valence-corrected chi connectivity index (χ0v) is 17.2. The number of carbonyl (C=O) groups excluding carboxylic acids is 2. The van der Waals surface area contributed by atoms with Gasteiger partial charge in [0.1, 0.15) is 29.5 Å². The molecule has 5 rings (SSSR count). The minimum Gasteiger partial charge on any atom is -0.507 e. The van der Waals surface area contributed by atoms with Gasteiger partial charge in [0.15, 0.2) is 5.13 Å². The van der Waals surface area contributed by atoms with E-state index in [9.17, 15) is 19.1 Å². The van der Waals surface area contributed by atoms with E-state index in [-0.39, 0.29) is 28.1 Å². The zero-order chi connectivity index (χ0) is 21.7. The monoisotopic (exact) mass is 436 g/mol. The molecule has 0 bridgehead atoms. The number of aromatic nitrogens is 1. The fraction of sp³-hybridized carbons (Fsp3) is 0.174. The Morgan fingerprint density at radius 1 is 1.26 bits per heavy atom. The summed E-state index contributed by atoms with van der Waals surface area (Å²) < 4.78 is 20.5. The van der Waals surface area contributed by atoms with Crippen LogP contribution >= 0.6 is 11.3 Å². The predicted octanol–water partition coefficient (Wildman–Crippen LogP) is 4.23. The molecule has 2 aromatic carbocycles. The number of anilines is 1. The van der Waals surface area contributed by atoms with Crippen LogP contribution in [0.1, 0.15) is 29.7 Å². The fourth-order valence-electron chi connectivity index (χ4n) is 4.08. The third kappa shape index (κ3) is 3.11. The number of amides is 1. The molecule has 0 radical (unpaired) electrons. The minimum atomic E-state index is -1.13. The Kier molecular flexibility index (Phi) is 4.59. The van der Waals surface area contributed by atoms with Gasteiger partial charge >= 0.3 is 5.91 Å². The standard InChI is InChI=1S/C23H17FN2O4S/c1-12-10-14-11-13(6-7-17(14)30-12)20(27)18-19(15-4-2-3-5-16(15)24)26(22(29)21(18)28)23-25-8-9-31-23/h2-9,11-12,19,27H,10H2,1H3/b20-18+. The van der Waals surface area contributed by atoms with Gasteiger partial charge in [0.05, 0.1) is 5.57 Å². The molecule has 8 heteroatoms. The van der Waals surface area contributed by atoms with Gasteiger partial charge in [-0.3, -0.25) is 14.5 Å². The molecule has 1 N–H and O–H groups in total. The number of hydrogen-bond acceptors (Lipinski definition) is 6. The van der Waals surface area contributed by atoms with E-state index in [4.69, 9.17) is 4.74 Å². The first-order valence-electron chi connectivity index (χ1n) is 9.70. The highest BCUT2D eigenvalue weighted by Crippen LogP contribution is 2.44. The number of aliphatic hydroxyl groups excluding tert-OH is 1. The van der Waals surface area contributed by atoms with Crippen molar-refractivity contribution in [3.05, 3.63) is 82.1 Å². The number of ketones is 1. The number of benzene rings is 2. The summed E-state index contributed by atoms with van der Waals surface area (Å²) in [7, 11) is 0. The molecule has 156 valence electrons. The van der Waals surface area contributed by atoms with Crippen LogP contribution in [0.25, 0.3) is 5.76 Å². The predicted molar refractivity (Wildman–Crippen MR) is 114 cm³/mol. The first-order valence-corrected chi connectivity index (χ1v) is 10.6. The maximum Gasteiger partial charge on any atom is 0.301 e. The van der Waals surface area contributed by atoms with E-state index in [1.165, 1.54) is 24.4 Å². The SMILES string of the molecule is CC1Cc2cc(/C(O)=C3\C(=O)C(=O)N(c4nccs4)C3c3ccccc3F)ccc2O1. The van der Waals surface area contributed by atoms with Crippen LogP contribution in [0.15, 0.2) is 59.6 Å². The molecule has 1 saturated heterocycles. The lowest BCUT2D eigenvalue weighted by molar-refractivity contribution is -0.132. The molecule has 1 fully saturated rings. The van der Waals surface area contributed by atoms with Crippen molar-refractivity contribution in [2.75, 3.05) is 4.90 Å². The van der Waals surface area contributed by atoms with Crippen LogP contribution in [-0.2, 0) is 16.0 Å². The number of hydrogen-bond donors (Lipinski definition) is 1. The Labute approximate surface area is 181 Å². The molecule has 6 nitrogen and oxygen atoms in total. The number of Topliss-reactive ketones (excluding diaryl/α,β-unsaturated/α-hetero) is 1. The number of thiazole rings is 1. The smallest absolute Gasteiger partial charge is 0.301 e. The minimum absolute atomic E-state index is 0.0151.